The van der Waals surface area contributed by atoms with Crippen LogP contribution in [0.5, 0.6) is 5.75 Å². The van der Waals surface area contributed by atoms with Gasteiger partial charge < -0.3 is 15.4 Å². The van der Waals surface area contributed by atoms with E-state index < -0.39 is 11.5 Å². The topological polar surface area (TPSA) is 82.2 Å². The van der Waals surface area contributed by atoms with Gasteiger partial charge in [-0.3, -0.25) is 9.59 Å². The average Bonchev–Trinajstić information content (AvgIpc) is 3.03. The van der Waals surface area contributed by atoms with Crippen LogP contribution >= 0.6 is 11.3 Å². The molecule has 146 valence electrons. The van der Waals surface area contributed by atoms with Crippen LogP contribution in [0.4, 0.5) is 0 Å². The van der Waals surface area contributed by atoms with Crippen molar-refractivity contribution in [3.63, 3.8) is 0 Å². The van der Waals surface area contributed by atoms with Gasteiger partial charge in [0.1, 0.15) is 16.1 Å². The van der Waals surface area contributed by atoms with Crippen LogP contribution < -0.4 is 10.9 Å². The zero-order chi connectivity index (χ0) is 19.7. The van der Waals surface area contributed by atoms with E-state index in [0.29, 0.717) is 22.7 Å². The van der Waals surface area contributed by atoms with Crippen molar-refractivity contribution in [3.8, 4) is 5.75 Å². The summed E-state index contributed by atoms with van der Waals surface area (Å²) in [6.45, 7) is 2.66. The Hall–Kier alpha value is -2.60. The number of benzene rings is 1. The fraction of sp³-hybridized carbons (Fsp3) is 0.364. The number of rotatable bonds is 5. The van der Waals surface area contributed by atoms with Gasteiger partial charge in [0, 0.05) is 11.4 Å². The van der Waals surface area contributed by atoms with Gasteiger partial charge in [0.2, 0.25) is 0 Å². The minimum absolute atomic E-state index is 0.175. The molecule has 3 N–H and O–H groups in total. The zero-order valence-corrected chi connectivity index (χ0v) is 16.7. The Kier molecular flexibility index (Phi) is 5.22. The predicted octanol–water partition coefficient (Wildman–Crippen LogP) is 3.78. The summed E-state index contributed by atoms with van der Waals surface area (Å²) in [6.07, 6.45) is 4.49. The maximum absolute atomic E-state index is 12.6. The van der Waals surface area contributed by atoms with E-state index in [9.17, 15) is 14.7 Å². The van der Waals surface area contributed by atoms with Crippen LogP contribution in [0, 0.1) is 5.92 Å². The van der Waals surface area contributed by atoms with Crippen molar-refractivity contribution >= 4 is 27.5 Å². The number of pyridine rings is 1. The Bertz CT molecular complexity index is 1070. The molecule has 4 rings (SSSR count). The second kappa shape index (κ2) is 7.80. The van der Waals surface area contributed by atoms with Crippen LogP contribution in [0.1, 0.15) is 46.1 Å². The standard InChI is InChI=1S/C22H24N2O3S/c1-13-9-10-15-16(12-13)28-22-17(15)19(25)18(21(27)24-22)20(26)23-11-5-8-14-6-3-2-4-7-14/h2-4,6-7,13H,5,8-12H2,1H3,(H,23,26)(H2,24,25,27)/t13-/m1/s1. The first-order valence-electron chi connectivity index (χ1n) is 9.76. The summed E-state index contributed by atoms with van der Waals surface area (Å²) < 4.78 is 0. The molecule has 0 unspecified atom stereocenters. The lowest BCUT2D eigenvalue weighted by Gasteiger charge is -2.18. The normalized spacial score (nSPS) is 16.1. The summed E-state index contributed by atoms with van der Waals surface area (Å²) in [7, 11) is 0. The third-order valence-corrected chi connectivity index (χ3v) is 6.61. The lowest BCUT2D eigenvalue weighted by molar-refractivity contribution is 0.0949. The number of fused-ring (bicyclic) bond motifs is 3. The molecule has 0 spiro atoms. The maximum atomic E-state index is 12.6. The summed E-state index contributed by atoms with van der Waals surface area (Å²) >= 11 is 1.52. The highest BCUT2D eigenvalue weighted by atomic mass is 32.1. The van der Waals surface area contributed by atoms with E-state index in [-0.39, 0.29) is 11.3 Å². The number of amides is 1. The van der Waals surface area contributed by atoms with Gasteiger partial charge in [-0.2, -0.15) is 0 Å². The highest BCUT2D eigenvalue weighted by molar-refractivity contribution is 7.18. The fourth-order valence-corrected chi connectivity index (χ4v) is 5.33. The Morgan fingerprint density at radius 3 is 2.89 bits per heavy atom. The number of nitrogens with one attached hydrogen (secondary N) is 2. The van der Waals surface area contributed by atoms with Crippen LogP contribution in [0.3, 0.4) is 0 Å². The van der Waals surface area contributed by atoms with E-state index >= 15 is 0 Å². The smallest absolute Gasteiger partial charge is 0.265 e. The molecule has 1 aromatic carbocycles. The number of thiophene rings is 1. The molecule has 0 aliphatic heterocycles. The number of aromatic amines is 1. The van der Waals surface area contributed by atoms with Gasteiger partial charge in [-0.25, -0.2) is 0 Å². The first kappa shape index (κ1) is 18.7. The minimum Gasteiger partial charge on any atom is -0.506 e. The molecular formula is C22H24N2O3S. The largest absolute Gasteiger partial charge is 0.506 e. The molecule has 6 heteroatoms. The molecule has 1 atom stereocenters. The number of aryl methyl sites for hydroxylation is 2. The van der Waals surface area contributed by atoms with Gasteiger partial charge in [-0.05, 0) is 49.1 Å². The number of hydrogen-bond donors (Lipinski definition) is 3. The number of H-pyrrole nitrogens is 1. The van der Waals surface area contributed by atoms with Crippen molar-refractivity contribution in [2.24, 2.45) is 5.92 Å². The second-order valence-corrected chi connectivity index (χ2v) is 8.68. The molecule has 0 saturated carbocycles. The molecule has 28 heavy (non-hydrogen) atoms. The Morgan fingerprint density at radius 1 is 1.32 bits per heavy atom. The molecule has 5 nitrogen and oxygen atoms in total. The Balaban J connectivity index is 1.53. The summed E-state index contributed by atoms with van der Waals surface area (Å²) in [5, 5.41) is 14.2. The van der Waals surface area contributed by atoms with Gasteiger partial charge in [0.25, 0.3) is 11.5 Å². The van der Waals surface area contributed by atoms with Gasteiger partial charge in [-0.15, -0.1) is 11.3 Å². The first-order valence-corrected chi connectivity index (χ1v) is 10.6. The molecule has 0 radical (unpaired) electrons. The van der Waals surface area contributed by atoms with E-state index in [1.807, 2.05) is 30.3 Å². The summed E-state index contributed by atoms with van der Waals surface area (Å²) in [5.74, 6) is -0.0917. The zero-order valence-electron chi connectivity index (χ0n) is 15.9. The number of aromatic hydroxyl groups is 1. The predicted molar refractivity (Wildman–Crippen MR) is 112 cm³/mol. The Labute approximate surface area is 167 Å². The molecule has 3 aromatic rings. The van der Waals surface area contributed by atoms with Crippen LogP contribution in [0.2, 0.25) is 0 Å². The van der Waals surface area contributed by atoms with Crippen molar-refractivity contribution in [2.75, 3.05) is 6.54 Å². The van der Waals surface area contributed by atoms with E-state index in [1.165, 1.54) is 21.8 Å². The molecule has 1 aliphatic carbocycles. The van der Waals surface area contributed by atoms with E-state index in [1.54, 1.807) is 0 Å². The quantitative estimate of drug-likeness (QED) is 0.574. The minimum atomic E-state index is -0.530. The van der Waals surface area contributed by atoms with E-state index in [4.69, 9.17) is 0 Å². The van der Waals surface area contributed by atoms with Crippen LogP contribution in [0.15, 0.2) is 35.1 Å². The Morgan fingerprint density at radius 2 is 2.11 bits per heavy atom. The van der Waals surface area contributed by atoms with Crippen molar-refractivity contribution in [1.29, 1.82) is 0 Å². The molecule has 0 saturated heterocycles. The van der Waals surface area contributed by atoms with Crippen LogP contribution in [-0.2, 0) is 19.3 Å². The van der Waals surface area contributed by atoms with Gasteiger partial charge in [-0.1, -0.05) is 37.3 Å². The monoisotopic (exact) mass is 396 g/mol. The molecule has 0 fully saturated rings. The third kappa shape index (κ3) is 3.56. The van der Waals surface area contributed by atoms with Crippen molar-refractivity contribution in [2.45, 2.75) is 39.0 Å². The number of hydrogen-bond acceptors (Lipinski definition) is 4. The summed E-state index contributed by atoms with van der Waals surface area (Å²) in [6, 6.07) is 10.0. The lowest BCUT2D eigenvalue weighted by atomic mass is 9.89. The summed E-state index contributed by atoms with van der Waals surface area (Å²) in [4.78, 5) is 29.7. The molecule has 1 amide bonds. The maximum Gasteiger partial charge on any atom is 0.265 e. The molecular weight excluding hydrogens is 372 g/mol. The van der Waals surface area contributed by atoms with E-state index in [0.717, 1.165) is 37.7 Å². The fourth-order valence-electron chi connectivity index (χ4n) is 3.93. The highest BCUT2D eigenvalue weighted by Gasteiger charge is 2.26. The molecule has 2 aromatic heterocycles. The van der Waals surface area contributed by atoms with Gasteiger partial charge in [0.05, 0.1) is 5.39 Å². The number of aromatic nitrogens is 1. The van der Waals surface area contributed by atoms with Crippen LogP contribution in [-0.4, -0.2) is 22.5 Å². The average molecular weight is 397 g/mol. The summed E-state index contributed by atoms with van der Waals surface area (Å²) in [5.41, 5.74) is 1.59. The van der Waals surface area contributed by atoms with Crippen molar-refractivity contribution in [3.05, 3.63) is 62.3 Å². The van der Waals surface area contributed by atoms with Crippen LogP contribution in [0.25, 0.3) is 10.2 Å². The highest BCUT2D eigenvalue weighted by Crippen LogP contribution is 2.41. The van der Waals surface area contributed by atoms with Crippen molar-refractivity contribution < 1.29 is 9.90 Å². The van der Waals surface area contributed by atoms with Gasteiger partial charge >= 0.3 is 0 Å². The lowest BCUT2D eigenvalue weighted by Crippen LogP contribution is -2.30. The third-order valence-electron chi connectivity index (χ3n) is 5.44. The molecule has 1 aliphatic rings. The molecule has 2 heterocycles. The number of carbonyl (C=O) groups is 1. The number of carbonyl (C=O) groups excluding carboxylic acids is 1. The SMILES string of the molecule is C[C@@H]1CCc2c(sc3[nH]c(=O)c(C(=O)NCCCc4ccccc4)c(O)c23)C1. The second-order valence-electron chi connectivity index (χ2n) is 7.58. The van der Waals surface area contributed by atoms with Gasteiger partial charge in [0.15, 0.2) is 0 Å². The van der Waals surface area contributed by atoms with Crippen molar-refractivity contribution in [1.82, 2.24) is 10.3 Å². The first-order chi connectivity index (χ1) is 13.5. The van der Waals surface area contributed by atoms with E-state index in [2.05, 4.69) is 17.2 Å². The molecule has 0 bridgehead atoms.